The second-order valence-corrected chi connectivity index (χ2v) is 5.37. The monoisotopic (exact) mass is 226 g/mol. The SMILES string of the molecule is CCC1COC(C)CN1C1CCC1CNC. The van der Waals surface area contributed by atoms with Gasteiger partial charge in [0.05, 0.1) is 12.7 Å². The maximum Gasteiger partial charge on any atom is 0.0674 e. The van der Waals surface area contributed by atoms with E-state index >= 15 is 0 Å². The van der Waals surface area contributed by atoms with E-state index in [0.717, 1.165) is 25.1 Å². The van der Waals surface area contributed by atoms with Crippen LogP contribution >= 0.6 is 0 Å². The minimum atomic E-state index is 0.415. The van der Waals surface area contributed by atoms with Crippen LogP contribution in [0.1, 0.15) is 33.1 Å². The van der Waals surface area contributed by atoms with E-state index in [0.29, 0.717) is 12.1 Å². The molecular formula is C13H26N2O. The fourth-order valence-corrected chi connectivity index (χ4v) is 3.12. The third-order valence-electron chi connectivity index (χ3n) is 4.25. The average Bonchev–Trinajstić information content (AvgIpc) is 2.25. The van der Waals surface area contributed by atoms with Crippen molar-refractivity contribution in [3.05, 3.63) is 0 Å². The second kappa shape index (κ2) is 5.48. The van der Waals surface area contributed by atoms with E-state index < -0.39 is 0 Å². The van der Waals surface area contributed by atoms with Gasteiger partial charge in [-0.15, -0.1) is 0 Å². The second-order valence-electron chi connectivity index (χ2n) is 5.37. The van der Waals surface area contributed by atoms with Crippen molar-refractivity contribution in [3.63, 3.8) is 0 Å². The highest BCUT2D eigenvalue weighted by Gasteiger charge is 2.39. The van der Waals surface area contributed by atoms with Crippen LogP contribution in [-0.2, 0) is 4.74 Å². The Kier molecular flexibility index (Phi) is 4.22. The first-order valence-electron chi connectivity index (χ1n) is 6.78. The van der Waals surface area contributed by atoms with Gasteiger partial charge in [-0.3, -0.25) is 4.90 Å². The summed E-state index contributed by atoms with van der Waals surface area (Å²) in [6.45, 7) is 7.71. The van der Waals surface area contributed by atoms with Crippen molar-refractivity contribution in [2.24, 2.45) is 5.92 Å². The van der Waals surface area contributed by atoms with Crippen LogP contribution in [0.25, 0.3) is 0 Å². The highest BCUT2D eigenvalue weighted by atomic mass is 16.5. The molecule has 0 bridgehead atoms. The van der Waals surface area contributed by atoms with Crippen LogP contribution in [0.2, 0.25) is 0 Å². The van der Waals surface area contributed by atoms with Gasteiger partial charge in [-0.1, -0.05) is 6.92 Å². The molecule has 0 amide bonds. The Morgan fingerprint density at radius 3 is 2.75 bits per heavy atom. The zero-order valence-electron chi connectivity index (χ0n) is 10.9. The predicted molar refractivity (Wildman–Crippen MR) is 66.6 cm³/mol. The molecule has 0 radical (unpaired) electrons. The molecule has 1 aliphatic heterocycles. The summed E-state index contributed by atoms with van der Waals surface area (Å²) in [7, 11) is 2.06. The van der Waals surface area contributed by atoms with Crippen LogP contribution in [0.15, 0.2) is 0 Å². The highest BCUT2D eigenvalue weighted by Crippen LogP contribution is 2.34. The summed E-state index contributed by atoms with van der Waals surface area (Å²) in [5.74, 6) is 0.865. The molecule has 0 aromatic rings. The third-order valence-corrected chi connectivity index (χ3v) is 4.25. The third kappa shape index (κ3) is 2.41. The molecule has 2 aliphatic rings. The Bertz CT molecular complexity index is 222. The van der Waals surface area contributed by atoms with Crippen LogP contribution < -0.4 is 5.32 Å². The Morgan fingerprint density at radius 2 is 2.19 bits per heavy atom. The molecular weight excluding hydrogens is 200 g/mol. The lowest BCUT2D eigenvalue weighted by Gasteiger charge is -2.50. The van der Waals surface area contributed by atoms with Crippen molar-refractivity contribution in [2.75, 3.05) is 26.7 Å². The minimum Gasteiger partial charge on any atom is -0.376 e. The van der Waals surface area contributed by atoms with Crippen molar-refractivity contribution in [1.82, 2.24) is 10.2 Å². The maximum atomic E-state index is 5.77. The van der Waals surface area contributed by atoms with Crippen molar-refractivity contribution >= 4 is 0 Å². The van der Waals surface area contributed by atoms with Crippen LogP contribution in [0.5, 0.6) is 0 Å². The summed E-state index contributed by atoms with van der Waals surface area (Å²) in [5.41, 5.74) is 0. The highest BCUT2D eigenvalue weighted by molar-refractivity contribution is 4.94. The number of morpholine rings is 1. The molecule has 1 aliphatic carbocycles. The smallest absolute Gasteiger partial charge is 0.0674 e. The fourth-order valence-electron chi connectivity index (χ4n) is 3.12. The standard InChI is InChI=1S/C13H26N2O/c1-4-12-9-16-10(2)8-15(12)13-6-5-11(13)7-14-3/h10-14H,4-9H2,1-3H3. The largest absolute Gasteiger partial charge is 0.376 e. The lowest BCUT2D eigenvalue weighted by atomic mass is 9.77. The van der Waals surface area contributed by atoms with Crippen molar-refractivity contribution in [2.45, 2.75) is 51.3 Å². The molecule has 4 atom stereocenters. The molecule has 94 valence electrons. The fraction of sp³-hybridized carbons (Fsp3) is 1.00. The van der Waals surface area contributed by atoms with Crippen LogP contribution in [-0.4, -0.2) is 49.8 Å². The first-order valence-corrected chi connectivity index (χ1v) is 6.78. The van der Waals surface area contributed by atoms with E-state index in [1.807, 2.05) is 0 Å². The first kappa shape index (κ1) is 12.3. The Balaban J connectivity index is 1.94. The number of nitrogens with zero attached hydrogens (tertiary/aromatic N) is 1. The van der Waals surface area contributed by atoms with Gasteiger partial charge in [0.25, 0.3) is 0 Å². The Morgan fingerprint density at radius 1 is 1.38 bits per heavy atom. The van der Waals surface area contributed by atoms with E-state index in [4.69, 9.17) is 4.74 Å². The van der Waals surface area contributed by atoms with Gasteiger partial charge in [0.15, 0.2) is 0 Å². The molecule has 4 unspecified atom stereocenters. The molecule has 1 N–H and O–H groups in total. The molecule has 0 aromatic carbocycles. The van der Waals surface area contributed by atoms with E-state index in [9.17, 15) is 0 Å². The maximum absolute atomic E-state index is 5.77. The lowest BCUT2D eigenvalue weighted by Crippen LogP contribution is -2.59. The molecule has 3 nitrogen and oxygen atoms in total. The molecule has 1 saturated carbocycles. The summed E-state index contributed by atoms with van der Waals surface area (Å²) in [4.78, 5) is 2.72. The van der Waals surface area contributed by atoms with Gasteiger partial charge < -0.3 is 10.1 Å². The topological polar surface area (TPSA) is 24.5 Å². The van der Waals surface area contributed by atoms with Gasteiger partial charge in [-0.05, 0) is 45.7 Å². The summed E-state index contributed by atoms with van der Waals surface area (Å²) >= 11 is 0. The average molecular weight is 226 g/mol. The van der Waals surface area contributed by atoms with Crippen molar-refractivity contribution in [3.8, 4) is 0 Å². The molecule has 3 heteroatoms. The van der Waals surface area contributed by atoms with E-state index in [2.05, 4.69) is 31.1 Å². The van der Waals surface area contributed by atoms with Gasteiger partial charge in [-0.2, -0.15) is 0 Å². The molecule has 0 aromatic heterocycles. The lowest BCUT2D eigenvalue weighted by molar-refractivity contribution is -0.0983. The zero-order valence-corrected chi connectivity index (χ0v) is 10.9. The van der Waals surface area contributed by atoms with E-state index in [-0.39, 0.29) is 0 Å². The predicted octanol–water partition coefficient (Wildman–Crippen LogP) is 1.48. The van der Waals surface area contributed by atoms with Crippen molar-refractivity contribution < 1.29 is 4.74 Å². The van der Waals surface area contributed by atoms with Crippen LogP contribution in [0.3, 0.4) is 0 Å². The van der Waals surface area contributed by atoms with Gasteiger partial charge in [-0.25, -0.2) is 0 Å². The first-order chi connectivity index (χ1) is 7.76. The van der Waals surface area contributed by atoms with Crippen LogP contribution in [0, 0.1) is 5.92 Å². The molecule has 16 heavy (non-hydrogen) atoms. The number of nitrogens with one attached hydrogen (secondary N) is 1. The van der Waals surface area contributed by atoms with Gasteiger partial charge >= 0.3 is 0 Å². The molecule has 0 spiro atoms. The van der Waals surface area contributed by atoms with E-state index in [1.165, 1.54) is 25.8 Å². The molecule has 2 fully saturated rings. The van der Waals surface area contributed by atoms with Gasteiger partial charge in [0.1, 0.15) is 0 Å². The quantitative estimate of drug-likeness (QED) is 0.786. The van der Waals surface area contributed by atoms with Gasteiger partial charge in [0.2, 0.25) is 0 Å². The summed E-state index contributed by atoms with van der Waals surface area (Å²) in [6, 6.07) is 1.46. The number of rotatable bonds is 4. The number of hydrogen-bond acceptors (Lipinski definition) is 3. The van der Waals surface area contributed by atoms with E-state index in [1.54, 1.807) is 0 Å². The Hall–Kier alpha value is -0.120. The van der Waals surface area contributed by atoms with Crippen molar-refractivity contribution in [1.29, 1.82) is 0 Å². The molecule has 1 saturated heterocycles. The summed E-state index contributed by atoms with van der Waals surface area (Å²) in [6.07, 6.45) is 4.41. The number of hydrogen-bond donors (Lipinski definition) is 1. The molecule has 1 heterocycles. The normalized spacial score (nSPS) is 40.7. The minimum absolute atomic E-state index is 0.415. The summed E-state index contributed by atoms with van der Waals surface area (Å²) in [5, 5.41) is 3.32. The Labute approximate surface area is 99.5 Å². The van der Waals surface area contributed by atoms with Crippen LogP contribution in [0.4, 0.5) is 0 Å². The zero-order chi connectivity index (χ0) is 11.5. The number of ether oxygens (including phenoxy) is 1. The summed E-state index contributed by atoms with van der Waals surface area (Å²) < 4.78 is 5.77. The molecule has 2 rings (SSSR count). The van der Waals surface area contributed by atoms with Gasteiger partial charge in [0, 0.05) is 18.6 Å².